The van der Waals surface area contributed by atoms with Crippen LogP contribution in [-0.2, 0) is 36.5 Å². The fourth-order valence-corrected chi connectivity index (χ4v) is 7.56. The number of carbonyl (C=O) groups excluding carboxylic acids is 2. The summed E-state index contributed by atoms with van der Waals surface area (Å²) in [6.07, 6.45) is 7.01. The number of piperazine rings is 1. The van der Waals surface area contributed by atoms with Crippen LogP contribution in [-0.4, -0.2) is 107 Å². The first-order valence-corrected chi connectivity index (χ1v) is 14.7. The molecule has 0 aliphatic carbocycles. The van der Waals surface area contributed by atoms with Gasteiger partial charge in [0, 0.05) is 48.3 Å². The second-order valence-corrected chi connectivity index (χ2v) is 12.6. The molecule has 2 atom stereocenters. The van der Waals surface area contributed by atoms with Crippen LogP contribution in [0.1, 0.15) is 37.8 Å². The number of allylic oxidation sites excluding steroid dienone is 1. The van der Waals surface area contributed by atoms with Crippen molar-refractivity contribution in [1.82, 2.24) is 19.0 Å². The zero-order valence-electron chi connectivity index (χ0n) is 23.4. The third kappa shape index (κ3) is 5.67. The standard InChI is InChI=1S/C28H39ClN4O5S/c1-6-22-7-8-24(29)16-23(22)15-21(2)39(36)32-17-26(35)33-18-27(30(3)28(33,19-32)20-38-5)10-12-31(13-11-27)25(34)9-14-37-4/h7-9,14-16H,6,10-13,17-20H2,1-5H3/b14-9+,21-15+. The average Bonchev–Trinajstić information content (AvgIpc) is 3.15. The van der Waals surface area contributed by atoms with Crippen molar-refractivity contribution in [3.8, 4) is 0 Å². The number of likely N-dealkylation sites (N-methyl/N-ethyl adjacent to an activating group) is 1. The van der Waals surface area contributed by atoms with Gasteiger partial charge in [0.25, 0.3) is 0 Å². The fourth-order valence-electron chi connectivity index (χ4n) is 6.19. The van der Waals surface area contributed by atoms with Gasteiger partial charge in [0.05, 0.1) is 33.1 Å². The van der Waals surface area contributed by atoms with E-state index in [1.807, 2.05) is 48.0 Å². The number of methoxy groups -OCH3 is 2. The Kier molecular flexibility index (Phi) is 9.22. The molecule has 3 aliphatic heterocycles. The second-order valence-electron chi connectivity index (χ2n) is 10.5. The van der Waals surface area contributed by atoms with Gasteiger partial charge in [-0.3, -0.25) is 14.5 Å². The van der Waals surface area contributed by atoms with Crippen LogP contribution < -0.4 is 0 Å². The zero-order valence-corrected chi connectivity index (χ0v) is 25.0. The van der Waals surface area contributed by atoms with E-state index in [1.54, 1.807) is 11.4 Å². The number of piperidine rings is 1. The minimum atomic E-state index is -1.53. The Labute approximate surface area is 238 Å². The predicted molar refractivity (Wildman–Crippen MR) is 153 cm³/mol. The summed E-state index contributed by atoms with van der Waals surface area (Å²) in [7, 11) is 3.65. The molecule has 0 aromatic heterocycles. The molecule has 3 aliphatic rings. The summed E-state index contributed by atoms with van der Waals surface area (Å²) in [4.78, 5) is 32.7. The Bertz CT molecular complexity index is 1180. The van der Waals surface area contributed by atoms with Gasteiger partial charge in [0.15, 0.2) is 0 Å². The minimum Gasteiger partial charge on any atom is -0.504 e. The first kappa shape index (κ1) is 29.7. The number of fused-ring (bicyclic) bond motifs is 1. The van der Waals surface area contributed by atoms with Crippen LogP contribution in [0.4, 0.5) is 0 Å². The van der Waals surface area contributed by atoms with E-state index in [0.29, 0.717) is 42.7 Å². The van der Waals surface area contributed by atoms with Gasteiger partial charge >= 0.3 is 0 Å². The lowest BCUT2D eigenvalue weighted by Gasteiger charge is -2.50. The fraction of sp³-hybridized carbons (Fsp3) is 0.571. The van der Waals surface area contributed by atoms with Crippen molar-refractivity contribution in [3.05, 3.63) is 51.6 Å². The van der Waals surface area contributed by atoms with Gasteiger partial charge in [-0.2, -0.15) is 0 Å². The van der Waals surface area contributed by atoms with Crippen molar-refractivity contribution in [1.29, 1.82) is 0 Å². The maximum atomic E-state index is 13.8. The molecule has 214 valence electrons. The minimum absolute atomic E-state index is 0.0653. The van der Waals surface area contributed by atoms with Gasteiger partial charge in [-0.25, -0.2) is 8.51 Å². The predicted octanol–water partition coefficient (Wildman–Crippen LogP) is 2.88. The van der Waals surface area contributed by atoms with Crippen LogP contribution in [0, 0.1) is 0 Å². The lowest BCUT2D eigenvalue weighted by Crippen LogP contribution is -2.69. The SMILES string of the molecule is CCc1ccc(Cl)cc1/C=C(\C)S(=O)N1CC(=O)N2CC3(CCN(C(=O)/C=C/OC)CC3)N(C)C2(COC)C1. The van der Waals surface area contributed by atoms with E-state index in [9.17, 15) is 13.8 Å². The molecular weight excluding hydrogens is 540 g/mol. The molecule has 3 heterocycles. The van der Waals surface area contributed by atoms with Crippen LogP contribution in [0.25, 0.3) is 6.08 Å². The summed E-state index contributed by atoms with van der Waals surface area (Å²) in [5.74, 6) is -0.149. The van der Waals surface area contributed by atoms with Crippen molar-refractivity contribution in [3.63, 3.8) is 0 Å². The Balaban J connectivity index is 1.57. The number of benzene rings is 1. The maximum absolute atomic E-state index is 13.8. The van der Waals surface area contributed by atoms with Gasteiger partial charge in [-0.15, -0.1) is 0 Å². The van der Waals surface area contributed by atoms with Crippen LogP contribution in [0.2, 0.25) is 5.02 Å². The Morgan fingerprint density at radius 1 is 1.21 bits per heavy atom. The van der Waals surface area contributed by atoms with Crippen molar-refractivity contribution < 1.29 is 23.3 Å². The second kappa shape index (κ2) is 12.1. The highest BCUT2D eigenvalue weighted by Gasteiger charge is 2.62. The van der Waals surface area contributed by atoms with Gasteiger partial charge in [0.1, 0.15) is 16.6 Å². The molecular formula is C28H39ClN4O5S. The van der Waals surface area contributed by atoms with Crippen molar-refractivity contribution in [2.45, 2.75) is 44.3 Å². The monoisotopic (exact) mass is 578 g/mol. The summed E-state index contributed by atoms with van der Waals surface area (Å²) in [6.45, 7) is 6.37. The Morgan fingerprint density at radius 2 is 1.92 bits per heavy atom. The molecule has 3 fully saturated rings. The highest BCUT2D eigenvalue weighted by atomic mass is 35.5. The van der Waals surface area contributed by atoms with E-state index in [-0.39, 0.29) is 23.9 Å². The van der Waals surface area contributed by atoms with Crippen molar-refractivity contribution >= 4 is 40.5 Å². The van der Waals surface area contributed by atoms with Gasteiger partial charge in [-0.05, 0) is 62.6 Å². The number of amides is 2. The molecule has 1 aromatic rings. The molecule has 0 radical (unpaired) electrons. The van der Waals surface area contributed by atoms with E-state index in [4.69, 9.17) is 21.1 Å². The summed E-state index contributed by atoms with van der Waals surface area (Å²) in [5, 5.41) is 0.625. The van der Waals surface area contributed by atoms with Crippen molar-refractivity contribution in [2.24, 2.45) is 0 Å². The lowest BCUT2D eigenvalue weighted by atomic mass is 9.86. The van der Waals surface area contributed by atoms with E-state index >= 15 is 0 Å². The molecule has 0 bridgehead atoms. The molecule has 3 saturated heterocycles. The molecule has 1 spiro atoms. The molecule has 0 saturated carbocycles. The van der Waals surface area contributed by atoms with Crippen LogP contribution in [0.3, 0.4) is 0 Å². The lowest BCUT2D eigenvalue weighted by molar-refractivity contribution is -0.152. The number of rotatable bonds is 8. The number of ether oxygens (including phenoxy) is 2. The molecule has 1 aromatic carbocycles. The van der Waals surface area contributed by atoms with E-state index in [1.165, 1.54) is 19.4 Å². The van der Waals surface area contributed by atoms with Crippen LogP contribution in [0.15, 0.2) is 35.4 Å². The number of hydrogen-bond donors (Lipinski definition) is 0. The third-order valence-electron chi connectivity index (χ3n) is 8.42. The third-order valence-corrected chi connectivity index (χ3v) is 10.0. The Morgan fingerprint density at radius 3 is 2.56 bits per heavy atom. The first-order chi connectivity index (χ1) is 18.6. The van der Waals surface area contributed by atoms with Crippen molar-refractivity contribution in [2.75, 3.05) is 60.6 Å². The van der Waals surface area contributed by atoms with Crippen LogP contribution >= 0.6 is 11.6 Å². The highest BCUT2D eigenvalue weighted by molar-refractivity contribution is 7.86. The van der Waals surface area contributed by atoms with E-state index < -0.39 is 16.6 Å². The molecule has 0 N–H and O–H groups in total. The molecule has 2 amide bonds. The van der Waals surface area contributed by atoms with Gasteiger partial charge < -0.3 is 19.3 Å². The smallest absolute Gasteiger partial charge is 0.249 e. The molecule has 4 rings (SSSR count). The molecule has 9 nitrogen and oxygen atoms in total. The van der Waals surface area contributed by atoms with Crippen LogP contribution in [0.5, 0.6) is 0 Å². The van der Waals surface area contributed by atoms with E-state index in [0.717, 1.165) is 30.4 Å². The molecule has 11 heteroatoms. The topological polar surface area (TPSA) is 82.6 Å². The number of hydrogen-bond acceptors (Lipinski definition) is 6. The summed E-state index contributed by atoms with van der Waals surface area (Å²) in [5.41, 5.74) is 1.00. The zero-order chi connectivity index (χ0) is 28.4. The summed E-state index contributed by atoms with van der Waals surface area (Å²) >= 11 is 6.24. The molecule has 2 unspecified atom stereocenters. The largest absolute Gasteiger partial charge is 0.504 e. The maximum Gasteiger partial charge on any atom is 0.249 e. The Hall–Kier alpha value is -2.24. The quantitative estimate of drug-likeness (QED) is 0.348. The van der Waals surface area contributed by atoms with E-state index in [2.05, 4.69) is 11.8 Å². The number of halogens is 1. The summed E-state index contributed by atoms with van der Waals surface area (Å²) < 4.78 is 26.1. The normalized spacial score (nSPS) is 25.0. The number of likely N-dealkylation sites (tertiary alicyclic amines) is 1. The first-order valence-electron chi connectivity index (χ1n) is 13.3. The summed E-state index contributed by atoms with van der Waals surface area (Å²) in [6, 6.07) is 5.73. The highest BCUT2D eigenvalue weighted by Crippen LogP contribution is 2.45. The molecule has 39 heavy (non-hydrogen) atoms. The average molecular weight is 579 g/mol. The number of carbonyl (C=O) groups is 2. The van der Waals surface area contributed by atoms with Gasteiger partial charge in [0.2, 0.25) is 11.8 Å². The van der Waals surface area contributed by atoms with Gasteiger partial charge in [-0.1, -0.05) is 24.6 Å². The number of nitrogens with zero attached hydrogens (tertiary/aromatic N) is 4. The number of aryl methyl sites for hydroxylation is 1.